The van der Waals surface area contributed by atoms with Gasteiger partial charge < -0.3 is 19.8 Å². The number of halogens is 3. The summed E-state index contributed by atoms with van der Waals surface area (Å²) in [7, 11) is 1.48. The van der Waals surface area contributed by atoms with E-state index < -0.39 is 17.3 Å². The van der Waals surface area contributed by atoms with Gasteiger partial charge in [0, 0.05) is 31.2 Å². The summed E-state index contributed by atoms with van der Waals surface area (Å²) >= 11 is 0.424. The summed E-state index contributed by atoms with van der Waals surface area (Å²) in [6.07, 6.45) is -5.60. The number of nitrogens with zero attached hydrogens (tertiary/aromatic N) is 4. The van der Waals surface area contributed by atoms with Gasteiger partial charge in [-0.3, -0.25) is 9.79 Å². The minimum absolute atomic E-state index is 0.106. The first-order chi connectivity index (χ1) is 18.3. The molecule has 0 fully saturated rings. The van der Waals surface area contributed by atoms with Gasteiger partial charge in [0.1, 0.15) is 5.00 Å². The second-order valence-electron chi connectivity index (χ2n) is 8.22. The van der Waals surface area contributed by atoms with E-state index in [4.69, 9.17) is 9.15 Å². The molecular weight excluding hydrogens is 521 g/mol. The molecular formula is C25H21F3N6O3S. The van der Waals surface area contributed by atoms with Gasteiger partial charge in [-0.1, -0.05) is 71.0 Å². The third kappa shape index (κ3) is 5.43. The SMILES string of the molecule is COCCNc1sc(C(F)(F)F)nc1-c1nnc(N[C@H]2N=C(c3ccccc3)c3ccccc3CC2=O)o1. The van der Waals surface area contributed by atoms with E-state index in [9.17, 15) is 18.0 Å². The van der Waals surface area contributed by atoms with Crippen LogP contribution in [-0.4, -0.2) is 53.1 Å². The number of aliphatic imine (C=N–C) groups is 1. The van der Waals surface area contributed by atoms with Gasteiger partial charge in [-0.15, -0.1) is 5.10 Å². The number of Topliss-reactive ketones (excluding diaryl/α,β-unsaturated/α-hetero) is 1. The molecule has 2 aromatic carbocycles. The lowest BCUT2D eigenvalue weighted by atomic mass is 9.96. The topological polar surface area (TPSA) is 115 Å². The smallest absolute Gasteiger partial charge is 0.402 e. The second kappa shape index (κ2) is 10.7. The van der Waals surface area contributed by atoms with E-state index in [2.05, 4.69) is 30.8 Å². The molecule has 0 radical (unpaired) electrons. The van der Waals surface area contributed by atoms with Gasteiger partial charge in [0.05, 0.1) is 12.3 Å². The fourth-order valence-corrected chi connectivity index (χ4v) is 4.72. The molecule has 38 heavy (non-hydrogen) atoms. The number of benzene rings is 2. The largest absolute Gasteiger partial charge is 0.443 e. The number of carbonyl (C=O) groups is 1. The van der Waals surface area contributed by atoms with Crippen LogP contribution in [0.25, 0.3) is 11.6 Å². The Balaban J connectivity index is 1.46. The number of alkyl halides is 3. The van der Waals surface area contributed by atoms with E-state index in [0.717, 1.165) is 16.7 Å². The molecule has 0 saturated heterocycles. The average Bonchev–Trinajstić information content (AvgIpc) is 3.51. The van der Waals surface area contributed by atoms with E-state index in [0.29, 0.717) is 17.0 Å². The maximum absolute atomic E-state index is 13.3. The van der Waals surface area contributed by atoms with E-state index in [1.807, 2.05) is 54.6 Å². The third-order valence-corrected chi connectivity index (χ3v) is 6.65. The molecule has 0 saturated carbocycles. The Morgan fingerprint density at radius 1 is 1.11 bits per heavy atom. The summed E-state index contributed by atoms with van der Waals surface area (Å²) in [6.45, 7) is 0.514. The zero-order valence-electron chi connectivity index (χ0n) is 20.0. The first-order valence-corrected chi connectivity index (χ1v) is 12.3. The molecule has 196 valence electrons. The summed E-state index contributed by atoms with van der Waals surface area (Å²) in [4.78, 5) is 21.5. The Morgan fingerprint density at radius 3 is 2.63 bits per heavy atom. The van der Waals surface area contributed by atoms with Crippen molar-refractivity contribution in [2.24, 2.45) is 4.99 Å². The number of aromatic nitrogens is 3. The molecule has 4 aromatic rings. The molecule has 0 amide bonds. The molecule has 13 heteroatoms. The number of rotatable bonds is 8. The second-order valence-corrected chi connectivity index (χ2v) is 9.22. The summed E-state index contributed by atoms with van der Waals surface area (Å²) in [6, 6.07) is 16.8. The third-order valence-electron chi connectivity index (χ3n) is 5.60. The molecule has 5 rings (SSSR count). The van der Waals surface area contributed by atoms with Crippen molar-refractivity contribution in [3.8, 4) is 11.6 Å². The van der Waals surface area contributed by atoms with Crippen LogP contribution < -0.4 is 10.6 Å². The van der Waals surface area contributed by atoms with Crippen molar-refractivity contribution in [1.29, 1.82) is 0 Å². The Kier molecular flexibility index (Phi) is 7.20. The van der Waals surface area contributed by atoms with Crippen LogP contribution in [-0.2, 0) is 22.1 Å². The molecule has 1 atom stereocenters. The van der Waals surface area contributed by atoms with Crippen molar-refractivity contribution in [3.63, 3.8) is 0 Å². The van der Waals surface area contributed by atoms with Crippen LogP contribution in [0.5, 0.6) is 0 Å². The molecule has 0 bridgehead atoms. The van der Waals surface area contributed by atoms with Crippen molar-refractivity contribution in [1.82, 2.24) is 15.2 Å². The maximum Gasteiger partial charge on any atom is 0.443 e. The van der Waals surface area contributed by atoms with Crippen LogP contribution in [0.2, 0.25) is 0 Å². The van der Waals surface area contributed by atoms with E-state index in [1.54, 1.807) is 0 Å². The summed E-state index contributed by atoms with van der Waals surface area (Å²) in [5.74, 6) is -0.478. The predicted molar refractivity (Wildman–Crippen MR) is 135 cm³/mol. The Morgan fingerprint density at radius 2 is 1.87 bits per heavy atom. The number of ether oxygens (including phenoxy) is 1. The zero-order chi connectivity index (χ0) is 26.7. The van der Waals surface area contributed by atoms with Crippen LogP contribution in [0.15, 0.2) is 64.0 Å². The molecule has 1 aliphatic heterocycles. The van der Waals surface area contributed by atoms with E-state index in [1.165, 1.54) is 7.11 Å². The van der Waals surface area contributed by atoms with Crippen LogP contribution in [0.4, 0.5) is 24.2 Å². The number of fused-ring (bicyclic) bond motifs is 1. The predicted octanol–water partition coefficient (Wildman–Crippen LogP) is 4.67. The molecule has 1 aliphatic rings. The van der Waals surface area contributed by atoms with Crippen LogP contribution in [0.1, 0.15) is 21.7 Å². The van der Waals surface area contributed by atoms with Crippen molar-refractivity contribution < 1.29 is 27.1 Å². The highest BCUT2D eigenvalue weighted by Crippen LogP contribution is 2.40. The molecule has 2 aromatic heterocycles. The van der Waals surface area contributed by atoms with E-state index >= 15 is 0 Å². The Labute approximate surface area is 218 Å². The van der Waals surface area contributed by atoms with Gasteiger partial charge in [-0.25, -0.2) is 4.98 Å². The first-order valence-electron chi connectivity index (χ1n) is 11.5. The molecule has 2 N–H and O–H groups in total. The van der Waals surface area contributed by atoms with Gasteiger partial charge >= 0.3 is 12.2 Å². The lowest BCUT2D eigenvalue weighted by Crippen LogP contribution is -2.29. The molecule has 0 unspecified atom stereocenters. The number of ketones is 1. The van der Waals surface area contributed by atoms with Crippen LogP contribution in [0, 0.1) is 0 Å². The highest BCUT2D eigenvalue weighted by atomic mass is 32.1. The lowest BCUT2D eigenvalue weighted by molar-refractivity contribution is -0.137. The molecule has 0 aliphatic carbocycles. The van der Waals surface area contributed by atoms with Gasteiger partial charge in [-0.2, -0.15) is 13.2 Å². The minimum Gasteiger partial charge on any atom is -0.402 e. The molecule has 9 nitrogen and oxygen atoms in total. The highest BCUT2D eigenvalue weighted by Gasteiger charge is 2.37. The number of methoxy groups -OCH3 is 1. The van der Waals surface area contributed by atoms with Crippen molar-refractivity contribution in [3.05, 3.63) is 76.3 Å². The van der Waals surface area contributed by atoms with Gasteiger partial charge in [-0.05, 0) is 5.56 Å². The Bertz CT molecular complexity index is 1470. The monoisotopic (exact) mass is 542 g/mol. The normalized spacial score (nSPS) is 15.5. The number of hydrogen-bond donors (Lipinski definition) is 2. The molecule has 0 spiro atoms. The lowest BCUT2D eigenvalue weighted by Gasteiger charge is -2.11. The summed E-state index contributed by atoms with van der Waals surface area (Å²) < 4.78 is 50.6. The first kappa shape index (κ1) is 25.5. The number of carbonyl (C=O) groups excluding carboxylic acids is 1. The fourth-order valence-electron chi connectivity index (χ4n) is 3.87. The van der Waals surface area contributed by atoms with Crippen LogP contribution in [0.3, 0.4) is 0 Å². The van der Waals surface area contributed by atoms with Gasteiger partial charge in [0.15, 0.2) is 17.6 Å². The van der Waals surface area contributed by atoms with Crippen molar-refractivity contribution in [2.75, 3.05) is 30.9 Å². The van der Waals surface area contributed by atoms with Gasteiger partial charge in [0.2, 0.25) is 5.01 Å². The van der Waals surface area contributed by atoms with Crippen LogP contribution >= 0.6 is 11.3 Å². The number of hydrogen-bond acceptors (Lipinski definition) is 10. The number of nitrogens with one attached hydrogen (secondary N) is 2. The highest BCUT2D eigenvalue weighted by molar-refractivity contribution is 7.16. The number of anilines is 2. The average molecular weight is 543 g/mol. The number of thiazole rings is 1. The standard InChI is InChI=1S/C25H21F3N6O3S/c1-36-12-11-29-22-19(31-23(38-22)25(26,27)28)21-33-34-24(37-21)32-20-17(35)13-15-9-5-6-10-16(15)18(30-20)14-7-3-2-4-8-14/h2-10,20,29H,11-13H2,1H3,(H,32,34)/t20-/m1/s1. The molecule has 3 heterocycles. The minimum atomic E-state index is -4.65. The zero-order valence-corrected chi connectivity index (χ0v) is 20.8. The maximum atomic E-state index is 13.3. The van der Waals surface area contributed by atoms with Crippen molar-refractivity contribution >= 4 is 33.8 Å². The quantitative estimate of drug-likeness (QED) is 0.309. The summed E-state index contributed by atoms with van der Waals surface area (Å²) in [5, 5.41) is 12.5. The fraction of sp³-hybridized carbons (Fsp3) is 0.240. The Hall–Kier alpha value is -4.10. The summed E-state index contributed by atoms with van der Waals surface area (Å²) in [5.41, 5.74) is 2.94. The van der Waals surface area contributed by atoms with Crippen molar-refractivity contribution in [2.45, 2.75) is 18.8 Å². The van der Waals surface area contributed by atoms with Gasteiger partial charge in [0.25, 0.3) is 5.89 Å². The van der Waals surface area contributed by atoms with E-state index in [-0.39, 0.29) is 48.0 Å².